The summed E-state index contributed by atoms with van der Waals surface area (Å²) in [5, 5.41) is 8.69. The first-order valence-corrected chi connectivity index (χ1v) is 4.14. The van der Waals surface area contributed by atoms with Crippen molar-refractivity contribution in [1.29, 1.82) is 0 Å². The van der Waals surface area contributed by atoms with Crippen LogP contribution in [0, 0.1) is 0 Å². The van der Waals surface area contributed by atoms with Crippen LogP contribution in [0.3, 0.4) is 0 Å². The molecule has 0 atom stereocenters. The van der Waals surface area contributed by atoms with E-state index >= 15 is 0 Å². The van der Waals surface area contributed by atoms with E-state index in [1.807, 2.05) is 0 Å². The number of carboxylic acids is 1. The average molecular weight is 227 g/mol. The van der Waals surface area contributed by atoms with E-state index in [0.29, 0.717) is 0 Å². The van der Waals surface area contributed by atoms with Crippen molar-refractivity contribution in [2.24, 2.45) is 0 Å². The quantitative estimate of drug-likeness (QED) is 0.692. The van der Waals surface area contributed by atoms with Gasteiger partial charge in [-0.2, -0.15) is 4.73 Å². The molecule has 7 nitrogen and oxygen atoms in total. The Morgan fingerprint density at radius 3 is 2.44 bits per heavy atom. The first-order chi connectivity index (χ1) is 7.51. The van der Waals surface area contributed by atoms with Crippen molar-refractivity contribution in [3.05, 3.63) is 33.7 Å². The number of pyridine rings is 1. The topological polar surface area (TPSA) is 94.8 Å². The van der Waals surface area contributed by atoms with Crippen molar-refractivity contribution in [3.8, 4) is 0 Å². The minimum absolute atomic E-state index is 0.181. The van der Waals surface area contributed by atoms with E-state index in [2.05, 4.69) is 4.74 Å². The van der Waals surface area contributed by atoms with Crippen molar-refractivity contribution in [2.45, 2.75) is 0 Å². The molecule has 0 fully saturated rings. The Balaban J connectivity index is 3.44. The normalized spacial score (nSPS) is 9.62. The van der Waals surface area contributed by atoms with Gasteiger partial charge in [-0.3, -0.25) is 4.79 Å². The maximum atomic E-state index is 11.3. The van der Waals surface area contributed by atoms with Crippen LogP contribution >= 0.6 is 0 Å². The number of nitrogens with zero attached hydrogens (tertiary/aromatic N) is 1. The summed E-state index contributed by atoms with van der Waals surface area (Å²) < 4.78 is 5.27. The maximum Gasteiger partial charge on any atom is 0.358 e. The van der Waals surface area contributed by atoms with Crippen LogP contribution in [-0.4, -0.2) is 36.0 Å². The molecule has 7 heteroatoms. The monoisotopic (exact) mass is 227 g/mol. The third-order valence-electron chi connectivity index (χ3n) is 1.84. The molecule has 1 N–H and O–H groups in total. The lowest BCUT2D eigenvalue weighted by molar-refractivity contribution is 0.0534. The van der Waals surface area contributed by atoms with Crippen molar-refractivity contribution < 1.29 is 24.3 Å². The lowest BCUT2D eigenvalue weighted by Crippen LogP contribution is -2.25. The van der Waals surface area contributed by atoms with E-state index in [-0.39, 0.29) is 5.69 Å². The highest BCUT2D eigenvalue weighted by Gasteiger charge is 2.17. The van der Waals surface area contributed by atoms with Gasteiger partial charge in [0.05, 0.1) is 13.3 Å². The molecule has 0 amide bonds. The number of aromatic nitrogens is 1. The smallest absolute Gasteiger partial charge is 0.358 e. The molecule has 0 aliphatic heterocycles. The SMILES string of the molecule is COC(=O)c1cc(=O)c(C(=O)O)cn1OC. The summed E-state index contributed by atoms with van der Waals surface area (Å²) in [6.45, 7) is 0. The molecule has 16 heavy (non-hydrogen) atoms. The van der Waals surface area contributed by atoms with Crippen LogP contribution in [0.4, 0.5) is 0 Å². The van der Waals surface area contributed by atoms with Gasteiger partial charge in [0, 0.05) is 6.07 Å². The van der Waals surface area contributed by atoms with Gasteiger partial charge < -0.3 is 14.7 Å². The van der Waals surface area contributed by atoms with Crippen LogP contribution in [0.2, 0.25) is 0 Å². The summed E-state index contributed by atoms with van der Waals surface area (Å²) in [6.07, 6.45) is 0.914. The molecule has 1 rings (SSSR count). The molecule has 0 unspecified atom stereocenters. The van der Waals surface area contributed by atoms with Gasteiger partial charge in [-0.1, -0.05) is 0 Å². The number of hydrogen-bond donors (Lipinski definition) is 1. The fraction of sp³-hybridized carbons (Fsp3) is 0.222. The van der Waals surface area contributed by atoms with E-state index in [0.717, 1.165) is 24.1 Å². The Bertz CT molecular complexity index is 489. The van der Waals surface area contributed by atoms with Crippen LogP contribution in [-0.2, 0) is 4.74 Å². The fourth-order valence-electron chi connectivity index (χ4n) is 1.08. The van der Waals surface area contributed by atoms with Crippen molar-refractivity contribution in [3.63, 3.8) is 0 Å². The summed E-state index contributed by atoms with van der Waals surface area (Å²) >= 11 is 0. The standard InChI is InChI=1S/C9H9NO6/c1-15-9(14)6-3-7(11)5(8(12)13)4-10(6)16-2/h3-4H,1-2H3,(H,12,13). The molecule has 0 saturated heterocycles. The molecule has 0 bridgehead atoms. The molecule has 0 saturated carbocycles. The first kappa shape index (κ1) is 11.8. The Labute approximate surface area is 89.8 Å². The summed E-state index contributed by atoms with van der Waals surface area (Å²) in [5.41, 5.74) is -1.46. The minimum atomic E-state index is -1.40. The van der Waals surface area contributed by atoms with Gasteiger partial charge in [0.1, 0.15) is 12.7 Å². The zero-order valence-corrected chi connectivity index (χ0v) is 8.59. The second kappa shape index (κ2) is 4.47. The van der Waals surface area contributed by atoms with Gasteiger partial charge >= 0.3 is 11.9 Å². The van der Waals surface area contributed by atoms with E-state index in [1.54, 1.807) is 0 Å². The molecule has 86 valence electrons. The zero-order valence-electron chi connectivity index (χ0n) is 8.59. The summed E-state index contributed by atoms with van der Waals surface area (Å²) in [4.78, 5) is 37.9. The molecule has 0 aromatic carbocycles. The second-order valence-corrected chi connectivity index (χ2v) is 2.74. The van der Waals surface area contributed by atoms with E-state index in [9.17, 15) is 14.4 Å². The lowest BCUT2D eigenvalue weighted by atomic mass is 10.2. The largest absolute Gasteiger partial charge is 0.477 e. The van der Waals surface area contributed by atoms with Gasteiger partial charge in [0.15, 0.2) is 11.1 Å². The molecule has 0 spiro atoms. The van der Waals surface area contributed by atoms with Crippen LogP contribution in [0.25, 0.3) is 0 Å². The number of carboxylic acid groups (broad SMARTS) is 1. The van der Waals surface area contributed by atoms with E-state index in [1.165, 1.54) is 7.11 Å². The molecule has 0 aliphatic rings. The number of aromatic carboxylic acids is 1. The van der Waals surface area contributed by atoms with Gasteiger partial charge in [0.2, 0.25) is 0 Å². The number of carbonyl (C=O) groups is 2. The molecular formula is C9H9NO6. The lowest BCUT2D eigenvalue weighted by Gasteiger charge is -2.10. The third kappa shape index (κ3) is 2.02. The Kier molecular flexibility index (Phi) is 3.29. The van der Waals surface area contributed by atoms with Crippen LogP contribution in [0.15, 0.2) is 17.1 Å². The highest BCUT2D eigenvalue weighted by atomic mass is 16.6. The third-order valence-corrected chi connectivity index (χ3v) is 1.84. The zero-order chi connectivity index (χ0) is 12.3. The van der Waals surface area contributed by atoms with E-state index in [4.69, 9.17) is 9.94 Å². The van der Waals surface area contributed by atoms with E-state index < -0.39 is 22.9 Å². The minimum Gasteiger partial charge on any atom is -0.477 e. The molecule has 0 radical (unpaired) electrons. The number of esters is 1. The average Bonchev–Trinajstić information content (AvgIpc) is 2.27. The number of rotatable bonds is 3. The fourth-order valence-corrected chi connectivity index (χ4v) is 1.08. The predicted molar refractivity (Wildman–Crippen MR) is 51.5 cm³/mol. The Hall–Kier alpha value is -2.31. The van der Waals surface area contributed by atoms with Gasteiger partial charge in [-0.05, 0) is 0 Å². The van der Waals surface area contributed by atoms with Gasteiger partial charge in [0.25, 0.3) is 0 Å². The molecule has 1 heterocycles. The van der Waals surface area contributed by atoms with Crippen molar-refractivity contribution >= 4 is 11.9 Å². The second-order valence-electron chi connectivity index (χ2n) is 2.74. The van der Waals surface area contributed by atoms with Gasteiger partial charge in [-0.15, -0.1) is 0 Å². The highest BCUT2D eigenvalue weighted by Crippen LogP contribution is 2.00. The van der Waals surface area contributed by atoms with Crippen LogP contribution in [0.1, 0.15) is 20.8 Å². The Morgan fingerprint density at radius 1 is 1.38 bits per heavy atom. The number of carbonyl (C=O) groups excluding carboxylic acids is 1. The summed E-state index contributed by atoms with van der Waals surface area (Å²) in [6, 6.07) is 0.846. The predicted octanol–water partition coefficient (Wildman–Crippen LogP) is -0.609. The molecule has 0 aliphatic carbocycles. The number of methoxy groups -OCH3 is 1. The molecule has 1 aromatic heterocycles. The van der Waals surface area contributed by atoms with Gasteiger partial charge in [-0.25, -0.2) is 9.59 Å². The first-order valence-electron chi connectivity index (χ1n) is 4.14. The number of hydrogen-bond acceptors (Lipinski definition) is 5. The summed E-state index contributed by atoms with van der Waals surface area (Å²) in [5.74, 6) is -2.19. The summed E-state index contributed by atoms with van der Waals surface area (Å²) in [7, 11) is 2.36. The van der Waals surface area contributed by atoms with Crippen LogP contribution in [0.5, 0.6) is 0 Å². The molecule has 1 aromatic rings. The number of ether oxygens (including phenoxy) is 1. The molecular weight excluding hydrogens is 218 g/mol. The van der Waals surface area contributed by atoms with Crippen molar-refractivity contribution in [2.75, 3.05) is 14.2 Å². The maximum absolute atomic E-state index is 11.3. The Morgan fingerprint density at radius 2 is 2.00 bits per heavy atom. The van der Waals surface area contributed by atoms with Crippen LogP contribution < -0.4 is 10.3 Å². The highest BCUT2D eigenvalue weighted by molar-refractivity contribution is 5.90. The van der Waals surface area contributed by atoms with Crippen molar-refractivity contribution in [1.82, 2.24) is 4.73 Å².